The van der Waals surface area contributed by atoms with Gasteiger partial charge in [0.25, 0.3) is 11.8 Å². The Labute approximate surface area is 191 Å². The molecule has 0 aromatic heterocycles. The molecule has 8 heteroatoms. The van der Waals surface area contributed by atoms with E-state index < -0.39 is 11.6 Å². The third-order valence-electron chi connectivity index (χ3n) is 5.77. The summed E-state index contributed by atoms with van der Waals surface area (Å²) in [7, 11) is 0. The average Bonchev–Trinajstić information content (AvgIpc) is 2.74. The van der Waals surface area contributed by atoms with E-state index in [0.29, 0.717) is 35.1 Å². The fourth-order valence-corrected chi connectivity index (χ4v) is 4.11. The molecule has 2 aromatic carbocycles. The molecule has 3 N–H and O–H groups in total. The number of nitrogens with one attached hydrogen (secondary N) is 2. The van der Waals surface area contributed by atoms with Gasteiger partial charge >= 0.3 is 0 Å². The van der Waals surface area contributed by atoms with Crippen molar-refractivity contribution in [2.75, 3.05) is 13.2 Å². The van der Waals surface area contributed by atoms with Crippen LogP contribution in [0.2, 0.25) is 5.02 Å². The number of amides is 2. The minimum Gasteiger partial charge on any atom is -0.484 e. The monoisotopic (exact) mass is 456 g/mol. The van der Waals surface area contributed by atoms with E-state index >= 15 is 0 Å². The smallest absolute Gasteiger partial charge is 0.262 e. The SMILES string of the molecule is Cc1ccc(OCC(=O)NC2=C3CC(NC(=O)COc4ccc(Cl)cc4)(C3)[C@@H](O)C2)cc1. The maximum Gasteiger partial charge on any atom is 0.262 e. The number of carbonyl (C=O) groups excluding carboxylic acids is 2. The largest absolute Gasteiger partial charge is 0.484 e. The molecule has 3 aliphatic rings. The molecular weight excluding hydrogens is 432 g/mol. The van der Waals surface area contributed by atoms with Crippen molar-refractivity contribution < 1.29 is 24.2 Å². The van der Waals surface area contributed by atoms with E-state index in [9.17, 15) is 14.7 Å². The highest BCUT2D eigenvalue weighted by atomic mass is 35.5. The maximum absolute atomic E-state index is 12.4. The lowest BCUT2D eigenvalue weighted by atomic mass is 9.62. The first-order valence-electron chi connectivity index (χ1n) is 10.4. The Morgan fingerprint density at radius 1 is 1.00 bits per heavy atom. The maximum atomic E-state index is 12.4. The predicted octanol–water partition coefficient (Wildman–Crippen LogP) is 2.89. The van der Waals surface area contributed by atoms with E-state index in [1.807, 2.05) is 31.2 Å². The lowest BCUT2D eigenvalue weighted by Gasteiger charge is -2.52. The van der Waals surface area contributed by atoms with Gasteiger partial charge in [0.1, 0.15) is 11.5 Å². The van der Waals surface area contributed by atoms with Gasteiger partial charge in [-0.3, -0.25) is 9.59 Å². The van der Waals surface area contributed by atoms with Crippen LogP contribution in [0.5, 0.6) is 11.5 Å². The van der Waals surface area contributed by atoms with Gasteiger partial charge in [-0.05, 0) is 61.7 Å². The number of aliphatic hydroxyl groups excluding tert-OH is 1. The normalized spacial score (nSPS) is 21.4. The summed E-state index contributed by atoms with van der Waals surface area (Å²) in [4.78, 5) is 24.6. The van der Waals surface area contributed by atoms with Gasteiger partial charge in [-0.1, -0.05) is 29.3 Å². The Hall–Kier alpha value is -3.03. The number of carbonyl (C=O) groups is 2. The number of hydrogen-bond donors (Lipinski definition) is 3. The standard InChI is InChI=1S/C24H25ClN2O5/c1-15-2-6-18(7-3-15)31-13-22(29)26-20-10-21(28)24(11-16(20)12-24)27-23(30)14-32-19-8-4-17(25)5-9-19/h2-9,21,28H,10-14H2,1H3,(H,26,29)(H,27,30)/t21-/m0/s1. The van der Waals surface area contributed by atoms with E-state index in [2.05, 4.69) is 10.6 Å². The molecule has 0 aliphatic heterocycles. The van der Waals surface area contributed by atoms with Gasteiger partial charge in [0.2, 0.25) is 0 Å². The number of aliphatic hydroxyl groups is 1. The van der Waals surface area contributed by atoms with Crippen molar-refractivity contribution in [3.8, 4) is 11.5 Å². The molecule has 0 spiro atoms. The molecule has 0 saturated heterocycles. The summed E-state index contributed by atoms with van der Waals surface area (Å²) in [5, 5.41) is 17.0. The van der Waals surface area contributed by atoms with Crippen molar-refractivity contribution in [2.24, 2.45) is 0 Å². The molecule has 0 radical (unpaired) electrons. The summed E-state index contributed by atoms with van der Waals surface area (Å²) in [5.41, 5.74) is 2.14. The second kappa shape index (κ2) is 9.22. The molecule has 0 unspecified atom stereocenters. The van der Waals surface area contributed by atoms with Crippen LogP contribution in [0.15, 0.2) is 59.8 Å². The third kappa shape index (κ3) is 5.06. The second-order valence-corrected chi connectivity index (χ2v) is 8.69. The Morgan fingerprint density at radius 2 is 1.56 bits per heavy atom. The van der Waals surface area contributed by atoms with E-state index in [-0.39, 0.29) is 31.4 Å². The molecule has 5 rings (SSSR count). The topological polar surface area (TPSA) is 96.9 Å². The minimum atomic E-state index is -0.798. The Kier molecular flexibility index (Phi) is 6.39. The lowest BCUT2D eigenvalue weighted by molar-refractivity contribution is -0.129. The van der Waals surface area contributed by atoms with Crippen LogP contribution in [-0.4, -0.2) is 41.8 Å². The Balaban J connectivity index is 1.26. The summed E-state index contributed by atoms with van der Waals surface area (Å²) < 4.78 is 11.0. The van der Waals surface area contributed by atoms with Crippen molar-refractivity contribution >= 4 is 23.4 Å². The number of aryl methyl sites for hydroxylation is 1. The van der Waals surface area contributed by atoms with E-state index in [1.165, 1.54) is 0 Å². The first-order valence-corrected chi connectivity index (χ1v) is 10.8. The van der Waals surface area contributed by atoms with Crippen LogP contribution in [0.4, 0.5) is 0 Å². The fourth-order valence-electron chi connectivity index (χ4n) is 3.98. The number of rotatable bonds is 8. The molecule has 2 aromatic rings. The van der Waals surface area contributed by atoms with Gasteiger partial charge in [0, 0.05) is 17.1 Å². The quantitative estimate of drug-likeness (QED) is 0.567. The molecule has 7 nitrogen and oxygen atoms in total. The first-order chi connectivity index (χ1) is 15.3. The molecule has 1 atom stereocenters. The zero-order valence-corrected chi connectivity index (χ0v) is 18.4. The van der Waals surface area contributed by atoms with E-state index in [4.69, 9.17) is 21.1 Å². The first kappa shape index (κ1) is 22.2. The minimum absolute atomic E-state index is 0.111. The molecule has 3 aliphatic carbocycles. The Morgan fingerprint density at radius 3 is 2.16 bits per heavy atom. The molecule has 1 fully saturated rings. The zero-order valence-electron chi connectivity index (χ0n) is 17.7. The molecular formula is C24H25ClN2O5. The molecule has 1 saturated carbocycles. The zero-order chi connectivity index (χ0) is 22.7. The molecule has 32 heavy (non-hydrogen) atoms. The highest BCUT2D eigenvalue weighted by Gasteiger charge is 2.52. The summed E-state index contributed by atoms with van der Waals surface area (Å²) in [6.07, 6.45) is 0.460. The third-order valence-corrected chi connectivity index (χ3v) is 6.02. The molecule has 2 bridgehead atoms. The van der Waals surface area contributed by atoms with Crippen LogP contribution in [0.25, 0.3) is 0 Å². The van der Waals surface area contributed by atoms with Gasteiger partial charge in [-0.25, -0.2) is 0 Å². The predicted molar refractivity (Wildman–Crippen MR) is 120 cm³/mol. The number of halogens is 1. The van der Waals surface area contributed by atoms with Crippen molar-refractivity contribution in [3.05, 3.63) is 70.4 Å². The van der Waals surface area contributed by atoms with Crippen LogP contribution in [0.3, 0.4) is 0 Å². The van der Waals surface area contributed by atoms with Gasteiger partial charge in [-0.2, -0.15) is 0 Å². The van der Waals surface area contributed by atoms with Gasteiger partial charge < -0.3 is 25.2 Å². The highest BCUT2D eigenvalue weighted by molar-refractivity contribution is 6.30. The van der Waals surface area contributed by atoms with E-state index in [1.54, 1.807) is 24.3 Å². The fraction of sp³-hybridized carbons (Fsp3) is 0.333. The van der Waals surface area contributed by atoms with Crippen LogP contribution in [0, 0.1) is 6.92 Å². The van der Waals surface area contributed by atoms with Crippen molar-refractivity contribution in [1.29, 1.82) is 0 Å². The van der Waals surface area contributed by atoms with Gasteiger partial charge in [0.15, 0.2) is 13.2 Å². The second-order valence-electron chi connectivity index (χ2n) is 8.25. The molecule has 168 valence electrons. The van der Waals surface area contributed by atoms with E-state index in [0.717, 1.165) is 11.1 Å². The summed E-state index contributed by atoms with van der Waals surface area (Å²) in [5.74, 6) is 0.577. The van der Waals surface area contributed by atoms with Crippen molar-refractivity contribution in [3.63, 3.8) is 0 Å². The van der Waals surface area contributed by atoms with Crippen molar-refractivity contribution in [1.82, 2.24) is 10.6 Å². The average molecular weight is 457 g/mol. The van der Waals surface area contributed by atoms with Gasteiger partial charge in [0.05, 0.1) is 11.6 Å². The molecule has 2 amide bonds. The van der Waals surface area contributed by atoms with Gasteiger partial charge in [-0.15, -0.1) is 0 Å². The number of hydrogen-bond acceptors (Lipinski definition) is 5. The molecule has 0 heterocycles. The number of fused-ring (bicyclic) bond motifs is 2. The number of ether oxygens (including phenoxy) is 2. The van der Waals surface area contributed by atoms with Crippen LogP contribution >= 0.6 is 11.6 Å². The van der Waals surface area contributed by atoms with Crippen LogP contribution < -0.4 is 20.1 Å². The Bertz CT molecular complexity index is 1030. The highest BCUT2D eigenvalue weighted by Crippen LogP contribution is 2.47. The van der Waals surface area contributed by atoms with Crippen molar-refractivity contribution in [2.45, 2.75) is 37.8 Å². The van der Waals surface area contributed by atoms with Crippen LogP contribution in [0.1, 0.15) is 24.8 Å². The lowest BCUT2D eigenvalue weighted by Crippen LogP contribution is -2.65. The summed E-state index contributed by atoms with van der Waals surface area (Å²) in [6.45, 7) is 1.71. The van der Waals surface area contributed by atoms with Crippen LogP contribution in [-0.2, 0) is 9.59 Å². The number of benzene rings is 2. The summed E-state index contributed by atoms with van der Waals surface area (Å²) in [6, 6.07) is 14.2. The summed E-state index contributed by atoms with van der Waals surface area (Å²) >= 11 is 5.84.